The van der Waals surface area contributed by atoms with Gasteiger partial charge in [-0.25, -0.2) is 9.78 Å². The van der Waals surface area contributed by atoms with Crippen LogP contribution in [0.15, 0.2) is 0 Å². The van der Waals surface area contributed by atoms with Gasteiger partial charge in [-0.15, -0.1) is 0 Å². The first-order valence-corrected chi connectivity index (χ1v) is 7.08. The predicted molar refractivity (Wildman–Crippen MR) is 74.5 cm³/mol. The maximum atomic E-state index is 12.1. The average molecular weight is 295 g/mol. The molecule has 8 heteroatoms. The number of rotatable bonds is 4. The molecule has 116 valence electrons. The number of aromatic amines is 1. The summed E-state index contributed by atoms with van der Waals surface area (Å²) >= 11 is 0. The summed E-state index contributed by atoms with van der Waals surface area (Å²) in [6.07, 6.45) is 2.83. The molecule has 0 saturated heterocycles. The van der Waals surface area contributed by atoms with Crippen LogP contribution >= 0.6 is 0 Å². The average Bonchev–Trinajstić information content (AvgIpc) is 2.84. The molecule has 1 saturated carbocycles. The molecular formula is C13H21N5O3. The predicted octanol–water partition coefficient (Wildman–Crippen LogP) is 0.898. The van der Waals surface area contributed by atoms with E-state index < -0.39 is 5.97 Å². The fourth-order valence-corrected chi connectivity index (χ4v) is 2.57. The number of urea groups is 1. The van der Waals surface area contributed by atoms with E-state index in [9.17, 15) is 9.59 Å². The highest BCUT2D eigenvalue weighted by atomic mass is 16.4. The van der Waals surface area contributed by atoms with Crippen molar-refractivity contribution in [3.05, 3.63) is 11.6 Å². The number of aryl methyl sites for hydroxylation is 1. The molecule has 0 aliphatic heterocycles. The van der Waals surface area contributed by atoms with Crippen LogP contribution in [-0.2, 0) is 11.3 Å². The van der Waals surface area contributed by atoms with Crippen LogP contribution in [0, 0.1) is 12.8 Å². The number of hydrogen-bond donors (Lipinski definition) is 3. The van der Waals surface area contributed by atoms with Crippen molar-refractivity contribution in [3.63, 3.8) is 0 Å². The Morgan fingerprint density at radius 1 is 1.48 bits per heavy atom. The second-order valence-electron chi connectivity index (χ2n) is 5.54. The third kappa shape index (κ3) is 4.17. The lowest BCUT2D eigenvalue weighted by atomic mass is 9.86. The molecule has 2 amide bonds. The van der Waals surface area contributed by atoms with E-state index in [-0.39, 0.29) is 18.0 Å². The van der Waals surface area contributed by atoms with Gasteiger partial charge in [-0.3, -0.25) is 9.89 Å². The van der Waals surface area contributed by atoms with Crippen LogP contribution in [0.5, 0.6) is 0 Å². The van der Waals surface area contributed by atoms with Crippen LogP contribution in [0.25, 0.3) is 0 Å². The lowest BCUT2D eigenvalue weighted by molar-refractivity contribution is -0.143. The Kier molecular flexibility index (Phi) is 4.77. The summed E-state index contributed by atoms with van der Waals surface area (Å²) in [7, 11) is 1.67. The smallest absolute Gasteiger partial charge is 0.317 e. The topological polar surface area (TPSA) is 111 Å². The van der Waals surface area contributed by atoms with E-state index in [0.717, 1.165) is 12.8 Å². The molecule has 0 aromatic carbocycles. The van der Waals surface area contributed by atoms with Gasteiger partial charge in [-0.05, 0) is 26.2 Å². The summed E-state index contributed by atoms with van der Waals surface area (Å²) in [5.74, 6) is 0.121. The third-order valence-electron chi connectivity index (χ3n) is 3.72. The number of hydrogen-bond acceptors (Lipinski definition) is 4. The zero-order chi connectivity index (χ0) is 15.4. The maximum absolute atomic E-state index is 12.1. The molecule has 1 heterocycles. The third-order valence-corrected chi connectivity index (χ3v) is 3.72. The number of aliphatic carboxylic acids is 1. The summed E-state index contributed by atoms with van der Waals surface area (Å²) in [5.41, 5.74) is 0. The fraction of sp³-hybridized carbons (Fsp3) is 0.692. The first-order valence-electron chi connectivity index (χ1n) is 7.08. The van der Waals surface area contributed by atoms with Crippen LogP contribution in [-0.4, -0.2) is 50.3 Å². The molecule has 3 N–H and O–H groups in total. The number of aromatic nitrogens is 3. The first-order chi connectivity index (χ1) is 9.95. The number of carbonyl (C=O) groups is 2. The number of nitrogens with zero attached hydrogens (tertiary/aromatic N) is 3. The van der Waals surface area contributed by atoms with Gasteiger partial charge >= 0.3 is 12.0 Å². The number of H-pyrrole nitrogens is 1. The fourth-order valence-electron chi connectivity index (χ4n) is 2.57. The van der Waals surface area contributed by atoms with Crippen LogP contribution in [0.4, 0.5) is 4.79 Å². The van der Waals surface area contributed by atoms with Crippen LogP contribution in [0.3, 0.4) is 0 Å². The van der Waals surface area contributed by atoms with Gasteiger partial charge in [-0.1, -0.05) is 6.42 Å². The normalized spacial score (nSPS) is 21.8. The Hall–Kier alpha value is -2.12. The number of carbonyl (C=O) groups excluding carboxylic acids is 1. The van der Waals surface area contributed by atoms with E-state index in [1.165, 1.54) is 4.90 Å². The van der Waals surface area contributed by atoms with Crippen LogP contribution < -0.4 is 5.32 Å². The number of carboxylic acid groups (broad SMARTS) is 1. The van der Waals surface area contributed by atoms with Gasteiger partial charge in [0, 0.05) is 13.1 Å². The largest absolute Gasteiger partial charge is 0.481 e. The molecule has 0 bridgehead atoms. The molecule has 1 aliphatic rings. The second kappa shape index (κ2) is 6.55. The molecule has 2 rings (SSSR count). The first kappa shape index (κ1) is 15.3. The molecular weight excluding hydrogens is 274 g/mol. The summed E-state index contributed by atoms with van der Waals surface area (Å²) in [6, 6.07) is -0.308. The zero-order valence-corrected chi connectivity index (χ0v) is 12.3. The highest BCUT2D eigenvalue weighted by molar-refractivity contribution is 5.74. The zero-order valence-electron chi connectivity index (χ0n) is 12.3. The highest BCUT2D eigenvalue weighted by Gasteiger charge is 2.28. The van der Waals surface area contributed by atoms with Gasteiger partial charge < -0.3 is 15.3 Å². The molecule has 0 spiro atoms. The van der Waals surface area contributed by atoms with Crippen molar-refractivity contribution in [1.29, 1.82) is 0 Å². The van der Waals surface area contributed by atoms with Crippen LogP contribution in [0.1, 0.15) is 37.3 Å². The molecule has 2 atom stereocenters. The number of amides is 2. The van der Waals surface area contributed by atoms with Gasteiger partial charge in [0.15, 0.2) is 5.82 Å². The summed E-state index contributed by atoms with van der Waals surface area (Å²) in [6.45, 7) is 2.11. The summed E-state index contributed by atoms with van der Waals surface area (Å²) < 4.78 is 0. The number of carboxylic acids is 1. The molecule has 8 nitrogen and oxygen atoms in total. The Morgan fingerprint density at radius 2 is 2.24 bits per heavy atom. The minimum absolute atomic E-state index is 0.0799. The summed E-state index contributed by atoms with van der Waals surface area (Å²) in [4.78, 5) is 28.8. The van der Waals surface area contributed by atoms with E-state index in [4.69, 9.17) is 5.11 Å². The van der Waals surface area contributed by atoms with E-state index in [1.54, 1.807) is 14.0 Å². The molecule has 1 aromatic heterocycles. The van der Waals surface area contributed by atoms with Gasteiger partial charge in [-0.2, -0.15) is 5.10 Å². The maximum Gasteiger partial charge on any atom is 0.317 e. The van der Waals surface area contributed by atoms with Gasteiger partial charge in [0.1, 0.15) is 5.82 Å². The van der Waals surface area contributed by atoms with Crippen LogP contribution in [0.2, 0.25) is 0 Å². The Balaban J connectivity index is 1.84. The van der Waals surface area contributed by atoms with Crippen molar-refractivity contribution in [2.24, 2.45) is 5.92 Å². The quantitative estimate of drug-likeness (QED) is 0.764. The van der Waals surface area contributed by atoms with Gasteiger partial charge in [0.25, 0.3) is 0 Å². The van der Waals surface area contributed by atoms with Crippen molar-refractivity contribution in [3.8, 4) is 0 Å². The van der Waals surface area contributed by atoms with Crippen molar-refractivity contribution in [2.75, 3.05) is 7.05 Å². The molecule has 21 heavy (non-hydrogen) atoms. The summed E-state index contributed by atoms with van der Waals surface area (Å²) in [5, 5.41) is 18.7. The Bertz CT molecular complexity index is 516. The van der Waals surface area contributed by atoms with E-state index in [1.807, 2.05) is 0 Å². The van der Waals surface area contributed by atoms with E-state index in [0.29, 0.717) is 31.0 Å². The van der Waals surface area contributed by atoms with Gasteiger partial charge in [0.2, 0.25) is 0 Å². The van der Waals surface area contributed by atoms with E-state index >= 15 is 0 Å². The number of nitrogens with one attached hydrogen (secondary N) is 2. The Morgan fingerprint density at radius 3 is 2.86 bits per heavy atom. The molecule has 1 aromatic rings. The monoisotopic (exact) mass is 295 g/mol. The van der Waals surface area contributed by atoms with E-state index in [2.05, 4.69) is 20.5 Å². The molecule has 2 unspecified atom stereocenters. The highest BCUT2D eigenvalue weighted by Crippen LogP contribution is 2.24. The van der Waals surface area contributed by atoms with Crippen molar-refractivity contribution in [2.45, 2.75) is 45.2 Å². The van der Waals surface area contributed by atoms with Crippen molar-refractivity contribution < 1.29 is 14.7 Å². The molecule has 0 radical (unpaired) electrons. The lowest BCUT2D eigenvalue weighted by Gasteiger charge is -2.29. The van der Waals surface area contributed by atoms with Crippen molar-refractivity contribution in [1.82, 2.24) is 25.4 Å². The minimum Gasteiger partial charge on any atom is -0.481 e. The minimum atomic E-state index is -0.779. The SMILES string of the molecule is Cc1nc(CN(C)C(=O)NC2CCCC(C(=O)O)C2)n[nH]1. The molecule has 1 aliphatic carbocycles. The lowest BCUT2D eigenvalue weighted by Crippen LogP contribution is -2.45. The second-order valence-corrected chi connectivity index (χ2v) is 5.54. The molecule has 1 fully saturated rings. The Labute approximate surface area is 122 Å². The standard InChI is InChI=1S/C13H21N5O3/c1-8-14-11(17-16-8)7-18(2)13(21)15-10-5-3-4-9(6-10)12(19)20/h9-10H,3-7H2,1-2H3,(H,15,21)(H,19,20)(H,14,16,17). The van der Waals surface area contributed by atoms with Gasteiger partial charge in [0.05, 0.1) is 12.5 Å². The van der Waals surface area contributed by atoms with Crippen molar-refractivity contribution >= 4 is 12.0 Å².